The van der Waals surface area contributed by atoms with Crippen LogP contribution >= 0.6 is 27.7 Å². The molecular weight excluding hydrogens is 532 g/mol. The molecule has 0 radical (unpaired) electrons. The van der Waals surface area contributed by atoms with Crippen molar-refractivity contribution < 1.29 is 24.2 Å². The molecule has 0 aliphatic carbocycles. The molecule has 9 heteroatoms. The van der Waals surface area contributed by atoms with E-state index >= 15 is 0 Å². The van der Waals surface area contributed by atoms with E-state index in [0.717, 1.165) is 11.1 Å². The van der Waals surface area contributed by atoms with Gasteiger partial charge in [0.25, 0.3) is 5.91 Å². The second-order valence-corrected chi connectivity index (χ2v) is 9.40. The van der Waals surface area contributed by atoms with Crippen molar-refractivity contribution in [3.8, 4) is 11.5 Å². The molecule has 1 N–H and O–H groups in total. The van der Waals surface area contributed by atoms with Crippen LogP contribution in [0.2, 0.25) is 0 Å². The summed E-state index contributed by atoms with van der Waals surface area (Å²) in [5.41, 5.74) is 2.37. The van der Waals surface area contributed by atoms with E-state index in [-0.39, 0.29) is 11.5 Å². The zero-order valence-electron chi connectivity index (χ0n) is 18.9. The van der Waals surface area contributed by atoms with E-state index in [9.17, 15) is 14.7 Å². The smallest absolute Gasteiger partial charge is 0.335 e. The van der Waals surface area contributed by atoms with Crippen molar-refractivity contribution >= 4 is 56.5 Å². The number of aliphatic imine (C=N–C) groups is 1. The van der Waals surface area contributed by atoms with E-state index in [2.05, 4.69) is 20.9 Å². The van der Waals surface area contributed by atoms with Crippen molar-refractivity contribution in [2.24, 2.45) is 4.99 Å². The Kier molecular flexibility index (Phi) is 7.57. The highest BCUT2D eigenvalue weighted by Crippen LogP contribution is 2.39. The van der Waals surface area contributed by atoms with Gasteiger partial charge in [-0.2, -0.15) is 0 Å². The fourth-order valence-electron chi connectivity index (χ4n) is 3.31. The van der Waals surface area contributed by atoms with Gasteiger partial charge < -0.3 is 14.6 Å². The first-order chi connectivity index (χ1) is 16.9. The topological polar surface area (TPSA) is 88.4 Å². The third-order valence-corrected chi connectivity index (χ3v) is 6.75. The van der Waals surface area contributed by atoms with E-state index in [1.807, 2.05) is 36.4 Å². The van der Waals surface area contributed by atoms with E-state index in [1.54, 1.807) is 38.4 Å². The van der Waals surface area contributed by atoms with E-state index < -0.39 is 5.97 Å². The number of halogens is 1. The second-order valence-electron chi connectivity index (χ2n) is 7.53. The molecule has 0 unspecified atom stereocenters. The largest absolute Gasteiger partial charge is 0.493 e. The number of carboxylic acids is 1. The number of amides is 1. The number of ether oxygens (including phenoxy) is 2. The molecule has 0 atom stereocenters. The molecule has 1 aliphatic rings. The molecule has 3 aromatic rings. The Morgan fingerprint density at radius 2 is 1.91 bits per heavy atom. The van der Waals surface area contributed by atoms with Crippen molar-refractivity contribution in [1.29, 1.82) is 0 Å². The van der Waals surface area contributed by atoms with Crippen molar-refractivity contribution in [2.45, 2.75) is 6.61 Å². The molecular formula is C26H21BrN2O5S. The predicted molar refractivity (Wildman–Crippen MR) is 140 cm³/mol. The molecule has 0 aromatic heterocycles. The van der Waals surface area contributed by atoms with Gasteiger partial charge in [0.1, 0.15) is 6.61 Å². The summed E-state index contributed by atoms with van der Waals surface area (Å²) >= 11 is 4.77. The monoisotopic (exact) mass is 552 g/mol. The van der Waals surface area contributed by atoms with Crippen molar-refractivity contribution in [2.75, 3.05) is 14.2 Å². The zero-order chi connectivity index (χ0) is 24.9. The molecule has 0 bridgehead atoms. The van der Waals surface area contributed by atoms with Gasteiger partial charge in [0.15, 0.2) is 16.7 Å². The number of amidine groups is 1. The molecule has 178 valence electrons. The number of nitrogens with zero attached hydrogens (tertiary/aromatic N) is 2. The number of carboxylic acid groups (broad SMARTS) is 1. The number of thioether (sulfide) groups is 1. The van der Waals surface area contributed by atoms with Gasteiger partial charge in [-0.3, -0.25) is 9.69 Å². The van der Waals surface area contributed by atoms with Gasteiger partial charge in [-0.25, -0.2) is 9.79 Å². The number of aromatic carboxylic acids is 1. The van der Waals surface area contributed by atoms with Gasteiger partial charge in [-0.15, -0.1) is 0 Å². The molecule has 1 saturated heterocycles. The van der Waals surface area contributed by atoms with E-state index in [4.69, 9.17) is 9.47 Å². The standard InChI is InChI=1S/C26H21BrN2O5S/c1-29-24(30)22(35-26(29)28-19-10-6-9-18(14-19)25(31)32)13-17-11-20(27)23(21(12-17)33-2)34-15-16-7-4-3-5-8-16/h3-14H,15H2,1-2H3,(H,31,32)/b22-13+,28-26?. The molecule has 3 aromatic carbocycles. The van der Waals surface area contributed by atoms with E-state index in [0.29, 0.717) is 38.3 Å². The Morgan fingerprint density at radius 3 is 2.63 bits per heavy atom. The summed E-state index contributed by atoms with van der Waals surface area (Å²) < 4.78 is 12.2. The van der Waals surface area contributed by atoms with Crippen LogP contribution in [-0.4, -0.2) is 41.2 Å². The van der Waals surface area contributed by atoms with Gasteiger partial charge in [0.2, 0.25) is 0 Å². The van der Waals surface area contributed by atoms with Crippen LogP contribution in [0.4, 0.5) is 5.69 Å². The summed E-state index contributed by atoms with van der Waals surface area (Å²) in [6.45, 7) is 0.387. The van der Waals surface area contributed by atoms with Crippen molar-refractivity contribution in [3.05, 3.63) is 92.8 Å². The summed E-state index contributed by atoms with van der Waals surface area (Å²) in [6.07, 6.45) is 1.76. The Morgan fingerprint density at radius 1 is 1.14 bits per heavy atom. The Bertz CT molecular complexity index is 1340. The average molecular weight is 553 g/mol. The number of hydrogen-bond acceptors (Lipinski definition) is 6. The number of hydrogen-bond donors (Lipinski definition) is 1. The maximum atomic E-state index is 12.8. The first-order valence-electron chi connectivity index (χ1n) is 10.5. The minimum absolute atomic E-state index is 0.131. The molecule has 1 heterocycles. The summed E-state index contributed by atoms with van der Waals surface area (Å²) in [4.78, 5) is 30.5. The number of methoxy groups -OCH3 is 1. The fraction of sp³-hybridized carbons (Fsp3) is 0.115. The lowest BCUT2D eigenvalue weighted by Gasteiger charge is -2.14. The van der Waals surface area contributed by atoms with Crippen LogP contribution in [-0.2, 0) is 11.4 Å². The van der Waals surface area contributed by atoms with Gasteiger partial charge in [-0.05, 0) is 75.2 Å². The Balaban J connectivity index is 1.58. The minimum atomic E-state index is -1.04. The van der Waals surface area contributed by atoms with Crippen LogP contribution in [0.1, 0.15) is 21.5 Å². The van der Waals surface area contributed by atoms with Crippen LogP contribution in [0, 0.1) is 0 Å². The maximum absolute atomic E-state index is 12.8. The number of likely N-dealkylation sites (N-methyl/N-ethyl adjacent to an activating group) is 1. The number of carbonyl (C=O) groups is 2. The highest BCUT2D eigenvalue weighted by Gasteiger charge is 2.30. The lowest BCUT2D eigenvalue weighted by Crippen LogP contribution is -2.23. The normalized spacial score (nSPS) is 15.6. The van der Waals surface area contributed by atoms with Crippen LogP contribution in [0.3, 0.4) is 0 Å². The molecule has 1 fully saturated rings. The van der Waals surface area contributed by atoms with Gasteiger partial charge in [-0.1, -0.05) is 36.4 Å². The summed E-state index contributed by atoms with van der Waals surface area (Å²) in [5, 5.41) is 9.65. The Labute approximate surface area is 215 Å². The number of benzene rings is 3. The molecule has 1 amide bonds. The molecule has 35 heavy (non-hydrogen) atoms. The third kappa shape index (κ3) is 5.75. The maximum Gasteiger partial charge on any atom is 0.335 e. The average Bonchev–Trinajstić information content (AvgIpc) is 3.11. The number of rotatable bonds is 7. The fourth-order valence-corrected chi connectivity index (χ4v) is 4.88. The van der Waals surface area contributed by atoms with Crippen molar-refractivity contribution in [3.63, 3.8) is 0 Å². The first-order valence-corrected chi connectivity index (χ1v) is 12.1. The van der Waals surface area contributed by atoms with E-state index in [1.165, 1.54) is 28.8 Å². The lowest BCUT2D eigenvalue weighted by molar-refractivity contribution is -0.121. The van der Waals surface area contributed by atoms with Crippen LogP contribution in [0.5, 0.6) is 11.5 Å². The van der Waals surface area contributed by atoms with Gasteiger partial charge >= 0.3 is 5.97 Å². The SMILES string of the molecule is COc1cc(/C=C2/SC(=Nc3cccc(C(=O)O)c3)N(C)C2=O)cc(Br)c1OCc1ccccc1. The van der Waals surface area contributed by atoms with Crippen molar-refractivity contribution in [1.82, 2.24) is 4.90 Å². The van der Waals surface area contributed by atoms with Crippen LogP contribution in [0.25, 0.3) is 6.08 Å². The molecule has 7 nitrogen and oxygen atoms in total. The van der Waals surface area contributed by atoms with Crippen LogP contribution in [0.15, 0.2) is 81.1 Å². The van der Waals surface area contributed by atoms with Gasteiger partial charge in [0, 0.05) is 7.05 Å². The highest BCUT2D eigenvalue weighted by atomic mass is 79.9. The Hall–Kier alpha value is -3.56. The summed E-state index contributed by atoms with van der Waals surface area (Å²) in [5.74, 6) is -0.138. The number of carbonyl (C=O) groups excluding carboxylic acids is 1. The minimum Gasteiger partial charge on any atom is -0.493 e. The summed E-state index contributed by atoms with van der Waals surface area (Å²) in [6, 6.07) is 19.7. The second kappa shape index (κ2) is 10.8. The summed E-state index contributed by atoms with van der Waals surface area (Å²) in [7, 11) is 3.19. The third-order valence-electron chi connectivity index (χ3n) is 5.10. The lowest BCUT2D eigenvalue weighted by atomic mass is 10.1. The zero-order valence-corrected chi connectivity index (χ0v) is 21.3. The molecule has 4 rings (SSSR count). The van der Waals surface area contributed by atoms with Gasteiger partial charge in [0.05, 0.1) is 27.7 Å². The quantitative estimate of drug-likeness (QED) is 0.363. The predicted octanol–water partition coefficient (Wildman–Crippen LogP) is 5.97. The molecule has 1 aliphatic heterocycles. The van der Waals surface area contributed by atoms with Crippen LogP contribution < -0.4 is 9.47 Å². The first kappa shape index (κ1) is 24.6. The highest BCUT2D eigenvalue weighted by molar-refractivity contribution is 9.10. The molecule has 0 saturated carbocycles. The molecule has 0 spiro atoms.